The van der Waals surface area contributed by atoms with E-state index >= 15 is 0 Å². The Morgan fingerprint density at radius 2 is 1.86 bits per heavy atom. The number of ether oxygens (including phenoxy) is 1. The molecule has 1 aromatic rings. The summed E-state index contributed by atoms with van der Waals surface area (Å²) in [5.41, 5.74) is -2.10. The summed E-state index contributed by atoms with van der Waals surface area (Å²) >= 11 is 0. The SMILES string of the molecule is N#Cc1ccc(C(F)(F)F)cc1C1(O)CC2CCC(C1)O2. The van der Waals surface area contributed by atoms with Crippen LogP contribution in [-0.4, -0.2) is 17.3 Å². The van der Waals surface area contributed by atoms with Gasteiger partial charge in [0.1, 0.15) is 0 Å². The molecule has 1 aromatic carbocycles. The van der Waals surface area contributed by atoms with Crippen LogP contribution in [0.15, 0.2) is 18.2 Å². The van der Waals surface area contributed by atoms with Crippen molar-refractivity contribution in [3.8, 4) is 6.07 Å². The van der Waals surface area contributed by atoms with Crippen molar-refractivity contribution in [3.05, 3.63) is 34.9 Å². The molecule has 2 aliphatic rings. The van der Waals surface area contributed by atoms with Crippen LogP contribution in [0.5, 0.6) is 0 Å². The molecule has 21 heavy (non-hydrogen) atoms. The summed E-state index contributed by atoms with van der Waals surface area (Å²) in [6.45, 7) is 0. The van der Waals surface area contributed by atoms with E-state index in [1.165, 1.54) is 0 Å². The zero-order chi connectivity index (χ0) is 15.3. The van der Waals surface area contributed by atoms with Gasteiger partial charge in [-0.05, 0) is 31.0 Å². The molecule has 0 radical (unpaired) electrons. The van der Waals surface area contributed by atoms with Gasteiger partial charge in [0, 0.05) is 18.4 Å². The van der Waals surface area contributed by atoms with Gasteiger partial charge in [0.05, 0.1) is 35.0 Å². The third-order valence-corrected chi connectivity index (χ3v) is 4.29. The highest BCUT2D eigenvalue weighted by molar-refractivity contribution is 5.45. The normalized spacial score (nSPS) is 32.0. The number of fused-ring (bicyclic) bond motifs is 2. The molecule has 2 heterocycles. The third kappa shape index (κ3) is 2.52. The first kappa shape index (κ1) is 14.4. The predicted molar refractivity (Wildman–Crippen MR) is 67.2 cm³/mol. The Morgan fingerprint density at radius 1 is 1.24 bits per heavy atom. The van der Waals surface area contributed by atoms with Crippen molar-refractivity contribution in [2.45, 2.75) is 49.7 Å². The fourth-order valence-corrected chi connectivity index (χ4v) is 3.34. The van der Waals surface area contributed by atoms with E-state index < -0.39 is 17.3 Å². The number of halogens is 3. The maximum atomic E-state index is 12.9. The van der Waals surface area contributed by atoms with Crippen LogP contribution in [0.25, 0.3) is 0 Å². The number of hydrogen-bond donors (Lipinski definition) is 1. The number of alkyl halides is 3. The molecule has 6 heteroatoms. The monoisotopic (exact) mass is 297 g/mol. The highest BCUT2D eigenvalue weighted by Gasteiger charge is 2.46. The van der Waals surface area contributed by atoms with E-state index in [0.29, 0.717) is 0 Å². The summed E-state index contributed by atoms with van der Waals surface area (Å²) in [7, 11) is 0. The van der Waals surface area contributed by atoms with E-state index in [1.54, 1.807) is 0 Å². The molecule has 0 saturated carbocycles. The molecule has 0 aliphatic carbocycles. The van der Waals surface area contributed by atoms with Crippen LogP contribution in [0.4, 0.5) is 13.2 Å². The molecule has 2 unspecified atom stereocenters. The standard InChI is InChI=1S/C15H14F3NO2/c16-15(17,18)10-2-1-9(8-19)13(5-10)14(20)6-11-3-4-12(7-14)21-11/h1-2,5,11-12,20H,3-4,6-7H2. The van der Waals surface area contributed by atoms with Crippen molar-refractivity contribution in [1.29, 1.82) is 5.26 Å². The van der Waals surface area contributed by atoms with Crippen LogP contribution in [0.3, 0.4) is 0 Å². The summed E-state index contributed by atoms with van der Waals surface area (Å²) in [5.74, 6) is 0. The van der Waals surface area contributed by atoms with E-state index in [1.807, 2.05) is 6.07 Å². The van der Waals surface area contributed by atoms with Crippen LogP contribution >= 0.6 is 0 Å². The van der Waals surface area contributed by atoms with Gasteiger partial charge >= 0.3 is 6.18 Å². The summed E-state index contributed by atoms with van der Waals surface area (Å²) in [4.78, 5) is 0. The number of rotatable bonds is 1. The Balaban J connectivity index is 2.06. The van der Waals surface area contributed by atoms with Crippen LogP contribution < -0.4 is 0 Å². The Labute approximate surface area is 120 Å². The van der Waals surface area contributed by atoms with Gasteiger partial charge in [-0.1, -0.05) is 0 Å². The zero-order valence-corrected chi connectivity index (χ0v) is 11.2. The lowest BCUT2D eigenvalue weighted by atomic mass is 9.80. The van der Waals surface area contributed by atoms with Crippen molar-refractivity contribution in [2.75, 3.05) is 0 Å². The molecule has 2 fully saturated rings. The average Bonchev–Trinajstić information content (AvgIpc) is 2.77. The highest BCUT2D eigenvalue weighted by Crippen LogP contribution is 2.45. The van der Waals surface area contributed by atoms with E-state index in [2.05, 4.69) is 0 Å². The topological polar surface area (TPSA) is 53.2 Å². The maximum absolute atomic E-state index is 12.9. The quantitative estimate of drug-likeness (QED) is 0.866. The smallest absolute Gasteiger partial charge is 0.385 e. The van der Waals surface area contributed by atoms with Gasteiger partial charge in [0.2, 0.25) is 0 Å². The summed E-state index contributed by atoms with van der Waals surface area (Å²) in [6.07, 6.45) is -2.71. The van der Waals surface area contributed by atoms with E-state index in [9.17, 15) is 18.3 Å². The van der Waals surface area contributed by atoms with Gasteiger partial charge in [-0.2, -0.15) is 18.4 Å². The number of nitriles is 1. The minimum absolute atomic E-state index is 0.0695. The second-order valence-electron chi connectivity index (χ2n) is 5.77. The molecule has 1 N–H and O–H groups in total. The van der Waals surface area contributed by atoms with Gasteiger partial charge in [0.15, 0.2) is 0 Å². The lowest BCUT2D eigenvalue weighted by Crippen LogP contribution is -2.39. The Kier molecular flexibility index (Phi) is 3.23. The van der Waals surface area contributed by atoms with Crippen molar-refractivity contribution >= 4 is 0 Å². The van der Waals surface area contributed by atoms with Gasteiger partial charge in [-0.15, -0.1) is 0 Å². The fraction of sp³-hybridized carbons (Fsp3) is 0.533. The summed E-state index contributed by atoms with van der Waals surface area (Å²) in [5, 5.41) is 20.0. The maximum Gasteiger partial charge on any atom is 0.416 e. The van der Waals surface area contributed by atoms with Crippen molar-refractivity contribution in [3.63, 3.8) is 0 Å². The fourth-order valence-electron chi connectivity index (χ4n) is 3.34. The molecule has 0 amide bonds. The van der Waals surface area contributed by atoms with E-state index in [0.717, 1.165) is 31.0 Å². The van der Waals surface area contributed by atoms with Crippen LogP contribution in [0, 0.1) is 11.3 Å². The molecule has 0 spiro atoms. The first-order valence-electron chi connectivity index (χ1n) is 6.81. The number of aliphatic hydroxyl groups is 1. The molecule has 2 bridgehead atoms. The molecule has 112 valence electrons. The minimum atomic E-state index is -4.50. The Hall–Kier alpha value is -1.58. The summed E-state index contributed by atoms with van der Waals surface area (Å²) in [6, 6.07) is 4.79. The molecule has 0 aromatic heterocycles. The van der Waals surface area contributed by atoms with Crippen LogP contribution in [0.2, 0.25) is 0 Å². The molecular formula is C15H14F3NO2. The molecule has 2 saturated heterocycles. The lowest BCUT2D eigenvalue weighted by molar-refractivity contribution is -0.138. The average molecular weight is 297 g/mol. The first-order chi connectivity index (χ1) is 9.82. The van der Waals surface area contributed by atoms with Gasteiger partial charge in [-0.25, -0.2) is 0 Å². The molecule has 3 nitrogen and oxygen atoms in total. The van der Waals surface area contributed by atoms with Gasteiger partial charge in [-0.3, -0.25) is 0 Å². The second-order valence-corrected chi connectivity index (χ2v) is 5.77. The molecular weight excluding hydrogens is 283 g/mol. The number of nitrogens with zero attached hydrogens (tertiary/aromatic N) is 1. The lowest BCUT2D eigenvalue weighted by Gasteiger charge is -2.37. The van der Waals surface area contributed by atoms with Crippen LogP contribution in [0.1, 0.15) is 42.4 Å². The Morgan fingerprint density at radius 3 is 2.38 bits per heavy atom. The zero-order valence-electron chi connectivity index (χ0n) is 11.2. The first-order valence-corrected chi connectivity index (χ1v) is 6.81. The van der Waals surface area contributed by atoms with Crippen LogP contribution in [-0.2, 0) is 16.5 Å². The van der Waals surface area contributed by atoms with Gasteiger partial charge in [0.25, 0.3) is 0 Å². The van der Waals surface area contributed by atoms with Crippen molar-refractivity contribution in [2.24, 2.45) is 0 Å². The van der Waals surface area contributed by atoms with Crippen molar-refractivity contribution < 1.29 is 23.0 Å². The predicted octanol–water partition coefficient (Wildman–Crippen LogP) is 3.11. The number of hydrogen-bond acceptors (Lipinski definition) is 3. The third-order valence-electron chi connectivity index (χ3n) is 4.29. The molecule has 3 rings (SSSR count). The Bertz CT molecular complexity index is 594. The molecule has 2 atom stereocenters. The van der Waals surface area contributed by atoms with Gasteiger partial charge < -0.3 is 9.84 Å². The molecule has 2 aliphatic heterocycles. The highest BCUT2D eigenvalue weighted by atomic mass is 19.4. The second kappa shape index (κ2) is 4.72. The minimum Gasteiger partial charge on any atom is -0.385 e. The van der Waals surface area contributed by atoms with Crippen molar-refractivity contribution in [1.82, 2.24) is 0 Å². The summed E-state index contributed by atoms with van der Waals surface area (Å²) < 4.78 is 44.2. The van der Waals surface area contributed by atoms with E-state index in [4.69, 9.17) is 10.00 Å². The van der Waals surface area contributed by atoms with E-state index in [-0.39, 0.29) is 36.2 Å². The number of benzene rings is 1. The largest absolute Gasteiger partial charge is 0.416 e.